The number of halogens is 2. The van der Waals surface area contributed by atoms with Crippen LogP contribution in [0.3, 0.4) is 0 Å². The van der Waals surface area contributed by atoms with Crippen molar-refractivity contribution in [2.75, 3.05) is 0 Å². The minimum atomic E-state index is -1.33. The molecule has 0 saturated heterocycles. The lowest BCUT2D eigenvalue weighted by molar-refractivity contribution is -0.113. The van der Waals surface area contributed by atoms with Gasteiger partial charge in [-0.1, -0.05) is 18.2 Å². The monoisotopic (exact) mass is 473 g/mol. The first-order valence-corrected chi connectivity index (χ1v) is 10.8. The van der Waals surface area contributed by atoms with E-state index in [1.54, 1.807) is 31.5 Å². The summed E-state index contributed by atoms with van der Waals surface area (Å²) < 4.78 is 38.6. The molecule has 0 radical (unpaired) electrons. The second-order valence-electron chi connectivity index (χ2n) is 8.44. The van der Waals surface area contributed by atoms with E-state index >= 15 is 8.78 Å². The number of carboxylic acid groups (broad SMARTS) is 1. The number of hydrogen-bond acceptors (Lipinski definition) is 4. The zero-order valence-electron chi connectivity index (χ0n) is 18.4. The van der Waals surface area contributed by atoms with Gasteiger partial charge in [-0.15, -0.1) is 0 Å². The quantitative estimate of drug-likeness (QED) is 0.387. The number of aryl methyl sites for hydroxylation is 1. The van der Waals surface area contributed by atoms with Gasteiger partial charge >= 0.3 is 5.97 Å². The van der Waals surface area contributed by atoms with E-state index in [-0.39, 0.29) is 57.6 Å². The van der Waals surface area contributed by atoms with Crippen molar-refractivity contribution in [1.82, 2.24) is 14.3 Å². The molecule has 0 bridgehead atoms. The predicted octanol–water partition coefficient (Wildman–Crippen LogP) is 5.21. The highest BCUT2D eigenvalue weighted by Crippen LogP contribution is 2.40. The number of aromatic nitrogens is 3. The van der Waals surface area contributed by atoms with Gasteiger partial charge in [0.05, 0.1) is 40.8 Å². The van der Waals surface area contributed by atoms with E-state index in [0.717, 1.165) is 0 Å². The summed E-state index contributed by atoms with van der Waals surface area (Å²) in [6.45, 7) is -0.211. The van der Waals surface area contributed by atoms with Crippen molar-refractivity contribution in [3.63, 3.8) is 0 Å². The minimum Gasteiger partial charge on any atom is -0.477 e. The molecule has 3 aromatic heterocycles. The first-order valence-electron chi connectivity index (χ1n) is 10.8. The van der Waals surface area contributed by atoms with E-state index in [1.165, 1.54) is 39.8 Å². The Morgan fingerprint density at radius 1 is 1.20 bits per heavy atom. The molecular formula is C26H17F2N3O4. The summed E-state index contributed by atoms with van der Waals surface area (Å²) in [5.74, 6) is -2.78. The van der Waals surface area contributed by atoms with Crippen LogP contribution < -0.4 is 0 Å². The summed E-state index contributed by atoms with van der Waals surface area (Å²) in [5, 5.41) is 15.5. The van der Waals surface area contributed by atoms with Gasteiger partial charge in [-0.3, -0.25) is 9.48 Å². The van der Waals surface area contributed by atoms with Crippen molar-refractivity contribution in [3.8, 4) is 0 Å². The molecule has 9 heteroatoms. The van der Waals surface area contributed by atoms with Gasteiger partial charge in [0.1, 0.15) is 22.9 Å². The Hall–Kier alpha value is -4.53. The van der Waals surface area contributed by atoms with Gasteiger partial charge in [-0.25, -0.2) is 13.6 Å². The van der Waals surface area contributed by atoms with Crippen molar-refractivity contribution < 1.29 is 27.9 Å². The number of allylic oxidation sites excluding steroid dienone is 4. The van der Waals surface area contributed by atoms with Gasteiger partial charge in [0, 0.05) is 41.6 Å². The van der Waals surface area contributed by atoms with Crippen molar-refractivity contribution in [1.29, 1.82) is 0 Å². The number of carbonyl (C=O) groups excluding carboxylic acids is 1. The molecule has 1 aliphatic carbocycles. The van der Waals surface area contributed by atoms with Crippen LogP contribution in [0.15, 0.2) is 59.4 Å². The highest BCUT2D eigenvalue weighted by Gasteiger charge is 2.31. The molecule has 5 aromatic rings. The van der Waals surface area contributed by atoms with E-state index < -0.39 is 17.6 Å². The molecule has 7 nitrogen and oxygen atoms in total. The number of rotatable bonds is 4. The van der Waals surface area contributed by atoms with Gasteiger partial charge < -0.3 is 14.1 Å². The minimum absolute atomic E-state index is 0.104. The number of furan rings is 1. The van der Waals surface area contributed by atoms with Crippen LogP contribution in [0.4, 0.5) is 8.78 Å². The van der Waals surface area contributed by atoms with Crippen molar-refractivity contribution in [2.24, 2.45) is 7.05 Å². The van der Waals surface area contributed by atoms with E-state index in [9.17, 15) is 14.7 Å². The number of fused-ring (bicyclic) bond motifs is 4. The highest BCUT2D eigenvalue weighted by atomic mass is 19.1. The van der Waals surface area contributed by atoms with Crippen molar-refractivity contribution in [3.05, 3.63) is 83.4 Å². The third kappa shape index (κ3) is 3.04. The largest absolute Gasteiger partial charge is 0.477 e. The summed E-state index contributed by atoms with van der Waals surface area (Å²) >= 11 is 0. The Balaban J connectivity index is 1.71. The molecule has 0 unspecified atom stereocenters. The first kappa shape index (κ1) is 21.0. The van der Waals surface area contributed by atoms with Crippen LogP contribution in [0.1, 0.15) is 28.0 Å². The number of carbonyl (C=O) groups is 2. The topological polar surface area (TPSA) is 90.3 Å². The normalized spacial score (nSPS) is 13.9. The molecule has 1 N–H and O–H groups in total. The SMILES string of the molecule is Cn1ncc2cc(Cn3c(C(=O)O)c(C4=CC=CCC4=O)c4c5occc5c(F)cc43)c(F)cc21. The second kappa shape index (κ2) is 7.49. The fraction of sp³-hybridized carbons (Fsp3) is 0.115. The van der Waals surface area contributed by atoms with Crippen LogP contribution >= 0.6 is 0 Å². The Kier molecular flexibility index (Phi) is 4.50. The molecular weight excluding hydrogens is 456 g/mol. The van der Waals surface area contributed by atoms with Gasteiger partial charge in [0.15, 0.2) is 5.78 Å². The standard InChI is InChI=1S/C26H17F2N3O4/c1-30-19-9-17(27)14(8-13(19)11-29-30)12-31-20-10-18(28)15-6-7-35-25(15)23(20)22(24(31)26(33)34)16-4-2-3-5-21(16)32/h2-4,6-11H,5,12H2,1H3,(H,33,34). The van der Waals surface area contributed by atoms with E-state index in [0.29, 0.717) is 16.3 Å². The predicted molar refractivity (Wildman–Crippen MR) is 125 cm³/mol. The fourth-order valence-electron chi connectivity index (χ4n) is 4.83. The number of nitrogens with zero attached hydrogens (tertiary/aromatic N) is 3. The first-order chi connectivity index (χ1) is 16.8. The number of benzene rings is 2. The summed E-state index contributed by atoms with van der Waals surface area (Å²) in [4.78, 5) is 25.4. The van der Waals surface area contributed by atoms with Gasteiger partial charge in [-0.2, -0.15) is 5.10 Å². The molecule has 0 saturated carbocycles. The van der Waals surface area contributed by atoms with Crippen LogP contribution in [0.5, 0.6) is 0 Å². The third-order valence-electron chi connectivity index (χ3n) is 6.43. The smallest absolute Gasteiger partial charge is 0.353 e. The van der Waals surface area contributed by atoms with Gasteiger partial charge in [-0.05, 0) is 18.2 Å². The van der Waals surface area contributed by atoms with Crippen LogP contribution in [0.2, 0.25) is 0 Å². The number of aromatic carboxylic acids is 1. The molecule has 0 atom stereocenters. The molecule has 3 heterocycles. The van der Waals surface area contributed by atoms with Crippen molar-refractivity contribution in [2.45, 2.75) is 13.0 Å². The van der Waals surface area contributed by atoms with Crippen molar-refractivity contribution >= 4 is 50.1 Å². The lowest BCUT2D eigenvalue weighted by Gasteiger charge is -2.12. The van der Waals surface area contributed by atoms with Crippen LogP contribution in [0, 0.1) is 11.6 Å². The molecule has 0 aliphatic heterocycles. The summed E-state index contributed by atoms with van der Waals surface area (Å²) in [6, 6.07) is 5.56. The maximum absolute atomic E-state index is 15.1. The third-order valence-corrected chi connectivity index (χ3v) is 6.43. The molecule has 0 amide bonds. The Bertz CT molecular complexity index is 1790. The molecule has 6 rings (SSSR count). The Labute approximate surface area is 196 Å². The lowest BCUT2D eigenvalue weighted by Crippen LogP contribution is -2.14. The Morgan fingerprint density at radius 2 is 2.00 bits per heavy atom. The maximum atomic E-state index is 15.1. The lowest BCUT2D eigenvalue weighted by atomic mass is 9.93. The van der Waals surface area contributed by atoms with E-state index in [1.807, 2.05) is 0 Å². The molecule has 174 valence electrons. The molecule has 0 spiro atoms. The van der Waals surface area contributed by atoms with E-state index in [4.69, 9.17) is 4.42 Å². The summed E-state index contributed by atoms with van der Waals surface area (Å²) in [7, 11) is 1.69. The van der Waals surface area contributed by atoms with E-state index in [2.05, 4.69) is 5.10 Å². The van der Waals surface area contributed by atoms with Gasteiger partial charge in [0.25, 0.3) is 0 Å². The average Bonchev–Trinajstić information content (AvgIpc) is 3.52. The van der Waals surface area contributed by atoms with Gasteiger partial charge in [0.2, 0.25) is 0 Å². The Morgan fingerprint density at radius 3 is 2.77 bits per heavy atom. The van der Waals surface area contributed by atoms with Crippen LogP contribution in [-0.4, -0.2) is 31.2 Å². The second-order valence-corrected chi connectivity index (χ2v) is 8.44. The zero-order chi connectivity index (χ0) is 24.4. The molecule has 2 aromatic carbocycles. The van der Waals surface area contributed by atoms with Crippen LogP contribution in [0.25, 0.3) is 38.3 Å². The highest BCUT2D eigenvalue weighted by molar-refractivity contribution is 6.29. The number of carboxylic acids is 1. The average molecular weight is 473 g/mol. The van der Waals surface area contributed by atoms with Crippen LogP contribution in [-0.2, 0) is 18.4 Å². The summed E-state index contributed by atoms with van der Waals surface area (Å²) in [6.07, 6.45) is 7.88. The molecule has 35 heavy (non-hydrogen) atoms. The summed E-state index contributed by atoms with van der Waals surface area (Å²) in [5.41, 5.74) is 1.15. The number of hydrogen-bond donors (Lipinski definition) is 1. The number of ketones is 1. The maximum Gasteiger partial charge on any atom is 0.353 e. The number of Topliss-reactive ketones (excluding diaryl/α,β-unsaturated/α-hetero) is 1. The zero-order valence-corrected chi connectivity index (χ0v) is 18.4. The molecule has 1 aliphatic rings. The molecule has 0 fully saturated rings. The fourth-order valence-corrected chi connectivity index (χ4v) is 4.83.